The molecule has 1 heterocycles. The van der Waals surface area contributed by atoms with Gasteiger partial charge in [0.1, 0.15) is 0 Å². The quantitative estimate of drug-likeness (QED) is 0.659. The van der Waals surface area contributed by atoms with Crippen LogP contribution in [0.3, 0.4) is 0 Å². The summed E-state index contributed by atoms with van der Waals surface area (Å²) in [6.45, 7) is 5.18. The number of rotatable bonds is 4. The fourth-order valence-corrected chi connectivity index (χ4v) is 6.00. The maximum Gasteiger partial charge on any atom is 0.255 e. The third-order valence-electron chi connectivity index (χ3n) is 5.61. The molecular formula is C24H26N2O3S. The van der Waals surface area contributed by atoms with Gasteiger partial charge in [0.2, 0.25) is 10.0 Å². The van der Waals surface area contributed by atoms with Gasteiger partial charge in [-0.05, 0) is 47.9 Å². The number of hydrogen-bond acceptors (Lipinski definition) is 3. The van der Waals surface area contributed by atoms with Crippen molar-refractivity contribution < 1.29 is 13.2 Å². The summed E-state index contributed by atoms with van der Waals surface area (Å²) in [6, 6.07) is 19.8. The zero-order chi connectivity index (χ0) is 21.3. The second-order valence-electron chi connectivity index (χ2n) is 8.28. The van der Waals surface area contributed by atoms with Gasteiger partial charge >= 0.3 is 0 Å². The number of sulfonamides is 1. The molecule has 0 bridgehead atoms. The summed E-state index contributed by atoms with van der Waals surface area (Å²) in [6.07, 6.45) is 1.03. The lowest BCUT2D eigenvalue weighted by Crippen LogP contribution is -2.42. The first-order chi connectivity index (χ1) is 14.3. The fraction of sp³-hybridized carbons (Fsp3) is 0.292. The summed E-state index contributed by atoms with van der Waals surface area (Å²) in [7, 11) is -3.64. The number of amides is 1. The average Bonchev–Trinajstić information content (AvgIpc) is 2.73. The number of benzene rings is 3. The van der Waals surface area contributed by atoms with Gasteiger partial charge in [-0.15, -0.1) is 0 Å². The Balaban J connectivity index is 1.60. The Morgan fingerprint density at radius 1 is 0.933 bits per heavy atom. The van der Waals surface area contributed by atoms with Crippen molar-refractivity contribution in [3.05, 3.63) is 72.3 Å². The van der Waals surface area contributed by atoms with E-state index in [-0.39, 0.29) is 10.8 Å². The van der Waals surface area contributed by atoms with Crippen molar-refractivity contribution in [1.82, 2.24) is 4.31 Å². The summed E-state index contributed by atoms with van der Waals surface area (Å²) in [5, 5.41) is 4.89. The molecule has 30 heavy (non-hydrogen) atoms. The van der Waals surface area contributed by atoms with Gasteiger partial charge in [-0.3, -0.25) is 4.79 Å². The van der Waals surface area contributed by atoms with Gasteiger partial charge in [0.05, 0.1) is 4.90 Å². The first-order valence-corrected chi connectivity index (χ1v) is 11.7. The molecule has 0 spiro atoms. The van der Waals surface area contributed by atoms with Gasteiger partial charge in [-0.2, -0.15) is 4.31 Å². The lowest BCUT2D eigenvalue weighted by atomic mass is 9.94. The summed E-state index contributed by atoms with van der Waals surface area (Å²) in [4.78, 5) is 13.1. The minimum absolute atomic E-state index is 0.161. The third kappa shape index (κ3) is 4.11. The van der Waals surface area contributed by atoms with Gasteiger partial charge in [0.25, 0.3) is 5.91 Å². The minimum Gasteiger partial charge on any atom is -0.321 e. The Labute approximate surface area is 177 Å². The molecule has 0 radical (unpaired) electrons. The fourth-order valence-electron chi connectivity index (χ4n) is 4.28. The van der Waals surface area contributed by atoms with Crippen LogP contribution in [-0.2, 0) is 10.0 Å². The molecule has 6 heteroatoms. The molecule has 1 amide bonds. The van der Waals surface area contributed by atoms with Crippen LogP contribution < -0.4 is 5.32 Å². The molecular weight excluding hydrogens is 396 g/mol. The van der Waals surface area contributed by atoms with Crippen molar-refractivity contribution in [2.45, 2.75) is 25.2 Å². The summed E-state index contributed by atoms with van der Waals surface area (Å²) < 4.78 is 27.9. The van der Waals surface area contributed by atoms with Crippen molar-refractivity contribution in [3.63, 3.8) is 0 Å². The zero-order valence-electron chi connectivity index (χ0n) is 17.2. The molecule has 5 nitrogen and oxygen atoms in total. The number of carbonyl (C=O) groups excluding carboxylic acids is 1. The topological polar surface area (TPSA) is 66.5 Å². The van der Waals surface area contributed by atoms with Gasteiger partial charge in [-0.25, -0.2) is 8.42 Å². The molecule has 2 unspecified atom stereocenters. The van der Waals surface area contributed by atoms with Crippen molar-refractivity contribution >= 4 is 32.4 Å². The Morgan fingerprint density at radius 2 is 1.60 bits per heavy atom. The number of nitrogens with zero attached hydrogens (tertiary/aromatic N) is 1. The van der Waals surface area contributed by atoms with Crippen molar-refractivity contribution in [2.75, 3.05) is 18.4 Å². The SMILES string of the molecule is CC1CC(C)CN(S(=O)(=O)c2cccc(C(=O)Nc3cccc4ccccc34)c2)C1. The Kier molecular flexibility index (Phi) is 5.62. The van der Waals surface area contributed by atoms with E-state index < -0.39 is 10.0 Å². The largest absolute Gasteiger partial charge is 0.321 e. The molecule has 1 N–H and O–H groups in total. The van der Waals surface area contributed by atoms with Crippen LogP contribution in [-0.4, -0.2) is 31.7 Å². The molecule has 156 valence electrons. The minimum atomic E-state index is -3.64. The molecule has 1 saturated heterocycles. The number of fused-ring (bicyclic) bond motifs is 1. The van der Waals surface area contributed by atoms with E-state index in [1.807, 2.05) is 42.5 Å². The van der Waals surface area contributed by atoms with E-state index in [4.69, 9.17) is 0 Å². The van der Waals surface area contributed by atoms with E-state index in [2.05, 4.69) is 19.2 Å². The highest BCUT2D eigenvalue weighted by Gasteiger charge is 2.32. The van der Waals surface area contributed by atoms with E-state index in [1.165, 1.54) is 6.07 Å². The van der Waals surface area contributed by atoms with Crippen LogP contribution in [0.2, 0.25) is 0 Å². The number of carbonyl (C=O) groups is 1. The smallest absolute Gasteiger partial charge is 0.255 e. The zero-order valence-corrected chi connectivity index (χ0v) is 18.0. The normalized spacial score (nSPS) is 20.2. The predicted octanol–water partition coefficient (Wildman–Crippen LogP) is 4.76. The molecule has 1 aliphatic rings. The molecule has 0 aliphatic carbocycles. The standard InChI is InChI=1S/C24H26N2O3S/c1-17-13-18(2)16-26(15-17)30(28,29)21-10-5-9-20(14-21)24(27)25-23-12-6-8-19-7-3-4-11-22(19)23/h3-12,14,17-18H,13,15-16H2,1-2H3,(H,25,27). The predicted molar refractivity (Wildman–Crippen MR) is 120 cm³/mol. The van der Waals surface area contributed by atoms with Crippen LogP contribution in [0.5, 0.6) is 0 Å². The second-order valence-corrected chi connectivity index (χ2v) is 10.2. The van der Waals surface area contributed by atoms with E-state index in [0.717, 1.165) is 17.2 Å². The molecule has 3 aromatic rings. The molecule has 1 fully saturated rings. The first-order valence-electron chi connectivity index (χ1n) is 10.2. The highest BCUT2D eigenvalue weighted by Crippen LogP contribution is 2.28. The van der Waals surface area contributed by atoms with E-state index in [0.29, 0.717) is 36.2 Å². The van der Waals surface area contributed by atoms with Crippen molar-refractivity contribution in [3.8, 4) is 0 Å². The van der Waals surface area contributed by atoms with Crippen LogP contribution in [0.1, 0.15) is 30.6 Å². The lowest BCUT2D eigenvalue weighted by Gasteiger charge is -2.34. The lowest BCUT2D eigenvalue weighted by molar-refractivity contribution is 0.102. The van der Waals surface area contributed by atoms with Crippen molar-refractivity contribution in [2.24, 2.45) is 11.8 Å². The number of nitrogens with one attached hydrogen (secondary N) is 1. The summed E-state index contributed by atoms with van der Waals surface area (Å²) >= 11 is 0. The Bertz CT molecular complexity index is 1170. The van der Waals surface area contributed by atoms with Crippen LogP contribution in [0.25, 0.3) is 10.8 Å². The van der Waals surface area contributed by atoms with Crippen LogP contribution in [0, 0.1) is 11.8 Å². The maximum atomic E-state index is 13.2. The highest BCUT2D eigenvalue weighted by atomic mass is 32.2. The number of hydrogen-bond donors (Lipinski definition) is 1. The van der Waals surface area contributed by atoms with Gasteiger partial charge < -0.3 is 5.32 Å². The van der Waals surface area contributed by atoms with Gasteiger partial charge in [-0.1, -0.05) is 56.3 Å². The van der Waals surface area contributed by atoms with E-state index >= 15 is 0 Å². The molecule has 0 aromatic heterocycles. The maximum absolute atomic E-state index is 13.2. The second kappa shape index (κ2) is 8.20. The highest BCUT2D eigenvalue weighted by molar-refractivity contribution is 7.89. The van der Waals surface area contributed by atoms with Gasteiger partial charge in [0.15, 0.2) is 0 Å². The molecule has 4 rings (SSSR count). The van der Waals surface area contributed by atoms with Crippen LogP contribution in [0.4, 0.5) is 5.69 Å². The summed E-state index contributed by atoms with van der Waals surface area (Å²) in [5.41, 5.74) is 1.02. The van der Waals surface area contributed by atoms with E-state index in [1.54, 1.807) is 22.5 Å². The Morgan fingerprint density at radius 3 is 2.37 bits per heavy atom. The third-order valence-corrected chi connectivity index (χ3v) is 7.43. The van der Waals surface area contributed by atoms with Crippen LogP contribution >= 0.6 is 0 Å². The molecule has 3 aromatic carbocycles. The monoisotopic (exact) mass is 422 g/mol. The number of piperidine rings is 1. The number of anilines is 1. The van der Waals surface area contributed by atoms with E-state index in [9.17, 15) is 13.2 Å². The molecule has 1 aliphatic heterocycles. The average molecular weight is 423 g/mol. The first kappa shape index (κ1) is 20.6. The molecule has 0 saturated carbocycles. The molecule has 2 atom stereocenters. The Hall–Kier alpha value is -2.70. The van der Waals surface area contributed by atoms with Crippen molar-refractivity contribution in [1.29, 1.82) is 0 Å². The van der Waals surface area contributed by atoms with Gasteiger partial charge in [0, 0.05) is 29.7 Å². The van der Waals surface area contributed by atoms with Crippen LogP contribution in [0.15, 0.2) is 71.6 Å². The summed E-state index contributed by atoms with van der Waals surface area (Å²) in [5.74, 6) is 0.312.